The molecular formula is C28H34N2O4. The number of rotatable bonds is 9. The summed E-state index contributed by atoms with van der Waals surface area (Å²) in [6.45, 7) is 8.37. The molecule has 6 nitrogen and oxygen atoms in total. The minimum absolute atomic E-state index is 0.134. The zero-order valence-electron chi connectivity index (χ0n) is 20.6. The van der Waals surface area contributed by atoms with Crippen LogP contribution in [-0.2, 0) is 22.4 Å². The van der Waals surface area contributed by atoms with E-state index in [9.17, 15) is 9.59 Å². The van der Waals surface area contributed by atoms with Crippen LogP contribution >= 0.6 is 0 Å². The first-order valence-electron chi connectivity index (χ1n) is 11.6. The van der Waals surface area contributed by atoms with Gasteiger partial charge in [0.15, 0.2) is 0 Å². The van der Waals surface area contributed by atoms with Gasteiger partial charge in [-0.3, -0.25) is 0 Å². The lowest BCUT2D eigenvalue weighted by Gasteiger charge is -2.19. The Hall–Kier alpha value is -3.38. The molecule has 2 aromatic carbocycles. The van der Waals surface area contributed by atoms with E-state index in [1.165, 1.54) is 18.2 Å². The fourth-order valence-electron chi connectivity index (χ4n) is 4.07. The Morgan fingerprint density at radius 2 is 1.50 bits per heavy atom. The summed E-state index contributed by atoms with van der Waals surface area (Å²) in [6, 6.07) is 20.6. The van der Waals surface area contributed by atoms with Crippen LogP contribution in [0.15, 0.2) is 60.7 Å². The molecule has 2 N–H and O–H groups in total. The predicted octanol–water partition coefficient (Wildman–Crippen LogP) is 5.24. The molecule has 0 atom stereocenters. The lowest BCUT2D eigenvalue weighted by molar-refractivity contribution is 0.00622. The van der Waals surface area contributed by atoms with E-state index in [0.29, 0.717) is 42.0 Å². The van der Waals surface area contributed by atoms with Gasteiger partial charge in [0.05, 0.1) is 12.7 Å². The Labute approximate surface area is 201 Å². The lowest BCUT2D eigenvalue weighted by Crippen LogP contribution is -2.25. The number of methoxy groups -OCH3 is 1. The average molecular weight is 463 g/mol. The van der Waals surface area contributed by atoms with Crippen molar-refractivity contribution in [1.29, 1.82) is 0 Å². The van der Waals surface area contributed by atoms with Crippen molar-refractivity contribution in [3.8, 4) is 0 Å². The number of ether oxygens (including phenoxy) is 2. The fraction of sp³-hybridized carbons (Fsp3) is 0.357. The Morgan fingerprint density at radius 1 is 0.941 bits per heavy atom. The van der Waals surface area contributed by atoms with Crippen LogP contribution in [0.5, 0.6) is 0 Å². The smallest absolute Gasteiger partial charge is 0.355 e. The maximum Gasteiger partial charge on any atom is 0.355 e. The van der Waals surface area contributed by atoms with Gasteiger partial charge in [0.25, 0.3) is 0 Å². The summed E-state index contributed by atoms with van der Waals surface area (Å²) >= 11 is 0. The van der Waals surface area contributed by atoms with Crippen molar-refractivity contribution in [2.75, 3.05) is 13.7 Å². The molecule has 34 heavy (non-hydrogen) atoms. The van der Waals surface area contributed by atoms with Crippen LogP contribution in [-0.4, -0.2) is 36.2 Å². The van der Waals surface area contributed by atoms with E-state index in [2.05, 4.69) is 34.6 Å². The Morgan fingerprint density at radius 3 is 1.97 bits per heavy atom. The zero-order valence-corrected chi connectivity index (χ0v) is 20.6. The van der Waals surface area contributed by atoms with E-state index in [-0.39, 0.29) is 5.92 Å². The van der Waals surface area contributed by atoms with Crippen molar-refractivity contribution in [3.05, 3.63) is 94.3 Å². The quantitative estimate of drug-likeness (QED) is 0.425. The molecule has 0 aliphatic rings. The minimum atomic E-state index is -0.643. The SMILES string of the molecule is CCc1c(C(=O)OC(C)(C)C)[nH]c(CNCC(c2ccccc2)c2ccccc2)c1C(=O)OC. The summed E-state index contributed by atoms with van der Waals surface area (Å²) in [4.78, 5) is 28.6. The van der Waals surface area contributed by atoms with Gasteiger partial charge in [0.2, 0.25) is 0 Å². The second-order valence-electron chi connectivity index (χ2n) is 9.18. The predicted molar refractivity (Wildman–Crippen MR) is 133 cm³/mol. The van der Waals surface area contributed by atoms with Gasteiger partial charge in [-0.1, -0.05) is 67.6 Å². The molecule has 0 saturated carbocycles. The van der Waals surface area contributed by atoms with E-state index in [1.807, 2.05) is 64.1 Å². The highest BCUT2D eigenvalue weighted by atomic mass is 16.6. The molecule has 0 saturated heterocycles. The van der Waals surface area contributed by atoms with E-state index in [1.54, 1.807) is 0 Å². The zero-order chi connectivity index (χ0) is 24.7. The molecular weight excluding hydrogens is 428 g/mol. The molecule has 1 heterocycles. The van der Waals surface area contributed by atoms with E-state index >= 15 is 0 Å². The normalized spacial score (nSPS) is 11.5. The minimum Gasteiger partial charge on any atom is -0.465 e. The van der Waals surface area contributed by atoms with Gasteiger partial charge in [-0.2, -0.15) is 0 Å². The Kier molecular flexibility index (Phi) is 8.29. The maximum absolute atomic E-state index is 12.8. The van der Waals surface area contributed by atoms with Gasteiger partial charge >= 0.3 is 11.9 Å². The van der Waals surface area contributed by atoms with Gasteiger partial charge in [-0.05, 0) is 43.9 Å². The summed E-state index contributed by atoms with van der Waals surface area (Å²) in [5.74, 6) is -0.815. The monoisotopic (exact) mass is 462 g/mol. The van der Waals surface area contributed by atoms with Crippen LogP contribution in [0.1, 0.15) is 76.8 Å². The van der Waals surface area contributed by atoms with Crippen molar-refractivity contribution in [3.63, 3.8) is 0 Å². The van der Waals surface area contributed by atoms with Gasteiger partial charge < -0.3 is 19.8 Å². The van der Waals surface area contributed by atoms with Gasteiger partial charge in [-0.25, -0.2) is 9.59 Å². The van der Waals surface area contributed by atoms with Crippen LogP contribution in [0.2, 0.25) is 0 Å². The number of hydrogen-bond donors (Lipinski definition) is 2. The number of aromatic nitrogens is 1. The number of esters is 2. The van der Waals surface area contributed by atoms with Crippen LogP contribution in [0, 0.1) is 0 Å². The van der Waals surface area contributed by atoms with Crippen molar-refractivity contribution in [1.82, 2.24) is 10.3 Å². The van der Waals surface area contributed by atoms with E-state index in [4.69, 9.17) is 9.47 Å². The largest absolute Gasteiger partial charge is 0.465 e. The molecule has 0 aliphatic carbocycles. The summed E-state index contributed by atoms with van der Waals surface area (Å²) in [7, 11) is 1.35. The third-order valence-corrected chi connectivity index (χ3v) is 5.58. The van der Waals surface area contributed by atoms with E-state index < -0.39 is 17.5 Å². The first kappa shape index (κ1) is 25.2. The number of H-pyrrole nitrogens is 1. The molecule has 180 valence electrons. The van der Waals surface area contributed by atoms with E-state index in [0.717, 1.165) is 0 Å². The fourth-order valence-corrected chi connectivity index (χ4v) is 4.07. The van der Waals surface area contributed by atoms with Crippen molar-refractivity contribution < 1.29 is 19.1 Å². The van der Waals surface area contributed by atoms with Crippen LogP contribution in [0.25, 0.3) is 0 Å². The van der Waals surface area contributed by atoms with Crippen molar-refractivity contribution in [2.45, 2.75) is 52.2 Å². The summed E-state index contributed by atoms with van der Waals surface area (Å²) in [5.41, 5.74) is 3.68. The highest BCUT2D eigenvalue weighted by molar-refractivity contribution is 5.98. The first-order chi connectivity index (χ1) is 16.2. The molecule has 0 spiro atoms. The number of carbonyl (C=O) groups is 2. The topological polar surface area (TPSA) is 80.4 Å². The summed E-state index contributed by atoms with van der Waals surface area (Å²) in [5, 5.41) is 3.48. The van der Waals surface area contributed by atoms with Gasteiger partial charge in [-0.15, -0.1) is 0 Å². The highest BCUT2D eigenvalue weighted by Gasteiger charge is 2.29. The van der Waals surface area contributed by atoms with Crippen molar-refractivity contribution >= 4 is 11.9 Å². The van der Waals surface area contributed by atoms with Crippen LogP contribution in [0.4, 0.5) is 0 Å². The third kappa shape index (κ3) is 6.14. The summed E-state index contributed by atoms with van der Waals surface area (Å²) < 4.78 is 10.6. The molecule has 0 bridgehead atoms. The van der Waals surface area contributed by atoms with Gasteiger partial charge in [0, 0.05) is 24.7 Å². The molecule has 3 aromatic rings. The number of hydrogen-bond acceptors (Lipinski definition) is 5. The third-order valence-electron chi connectivity index (χ3n) is 5.58. The maximum atomic E-state index is 12.8. The number of benzene rings is 2. The number of carbonyl (C=O) groups excluding carboxylic acids is 2. The standard InChI is InChI=1S/C28H34N2O4/c1-6-21-24(26(31)33-5)23(30-25(21)27(32)34-28(2,3)4)18-29-17-22(19-13-9-7-10-14-19)20-15-11-8-12-16-20/h7-16,22,29-30H,6,17-18H2,1-5H3. The average Bonchev–Trinajstić information content (AvgIpc) is 3.20. The molecule has 0 radical (unpaired) electrons. The molecule has 6 heteroatoms. The molecule has 0 aliphatic heterocycles. The Bertz CT molecular complexity index is 1060. The first-order valence-corrected chi connectivity index (χ1v) is 11.6. The second-order valence-corrected chi connectivity index (χ2v) is 9.18. The highest BCUT2D eigenvalue weighted by Crippen LogP contribution is 2.26. The van der Waals surface area contributed by atoms with Crippen LogP contribution < -0.4 is 5.32 Å². The molecule has 1 aromatic heterocycles. The molecule has 0 fully saturated rings. The summed E-state index contributed by atoms with van der Waals surface area (Å²) in [6.07, 6.45) is 0.492. The molecule has 0 unspecified atom stereocenters. The molecule has 0 amide bonds. The van der Waals surface area contributed by atoms with Crippen LogP contribution in [0.3, 0.4) is 0 Å². The van der Waals surface area contributed by atoms with Crippen molar-refractivity contribution in [2.24, 2.45) is 0 Å². The number of nitrogens with one attached hydrogen (secondary N) is 2. The molecule has 3 rings (SSSR count). The lowest BCUT2D eigenvalue weighted by atomic mass is 9.91. The Balaban J connectivity index is 1.87. The van der Waals surface area contributed by atoms with Gasteiger partial charge in [0.1, 0.15) is 11.3 Å². The number of aromatic amines is 1. The second kappa shape index (κ2) is 11.2.